The van der Waals surface area contributed by atoms with Gasteiger partial charge in [-0.15, -0.1) is 0 Å². The number of rotatable bonds is 4. The summed E-state index contributed by atoms with van der Waals surface area (Å²) in [5, 5.41) is 6.20. The monoisotopic (exact) mass is 259 g/mol. The molecular weight excluding hydrogens is 242 g/mol. The predicted molar refractivity (Wildman–Crippen MR) is 62.3 cm³/mol. The van der Waals surface area contributed by atoms with Crippen LogP contribution in [0.2, 0.25) is 0 Å². The largest absolute Gasteiger partial charge is 0.339 e. The Balaban J connectivity index is 2.13. The van der Waals surface area contributed by atoms with Gasteiger partial charge in [-0.05, 0) is 19.9 Å². The first-order chi connectivity index (χ1) is 8.13. The average molecular weight is 259 g/mol. The maximum Gasteiger partial charge on any atom is 0.227 e. The lowest BCUT2D eigenvalue weighted by Gasteiger charge is -2.18. The summed E-state index contributed by atoms with van der Waals surface area (Å²) < 4.78 is 28.8. The van der Waals surface area contributed by atoms with Gasteiger partial charge in [-0.25, -0.2) is 8.42 Å². The van der Waals surface area contributed by atoms with Gasteiger partial charge < -0.3 is 9.84 Å². The van der Waals surface area contributed by atoms with Gasteiger partial charge in [0.25, 0.3) is 0 Å². The number of likely N-dealkylation sites (N-methyl/N-ethyl adjacent to an activating group) is 1. The fourth-order valence-corrected chi connectivity index (χ4v) is 3.81. The van der Waals surface area contributed by atoms with Crippen molar-refractivity contribution in [3.63, 3.8) is 0 Å². The summed E-state index contributed by atoms with van der Waals surface area (Å²) in [5.41, 5.74) is 0. The topological polar surface area (TPSA) is 85.1 Å². The summed E-state index contributed by atoms with van der Waals surface area (Å²) >= 11 is 0. The quantitative estimate of drug-likeness (QED) is 0.846. The molecule has 17 heavy (non-hydrogen) atoms. The molecule has 7 heteroatoms. The van der Waals surface area contributed by atoms with Crippen molar-refractivity contribution in [1.29, 1.82) is 0 Å². The highest BCUT2D eigenvalue weighted by Crippen LogP contribution is 2.31. The number of hydrogen-bond acceptors (Lipinski definition) is 6. The van der Waals surface area contributed by atoms with Gasteiger partial charge in [0, 0.05) is 13.0 Å². The number of aromatic nitrogens is 2. The van der Waals surface area contributed by atoms with Crippen LogP contribution < -0.4 is 5.32 Å². The fraction of sp³-hybridized carbons (Fsp3) is 0.800. The van der Waals surface area contributed by atoms with Gasteiger partial charge in [-0.1, -0.05) is 11.6 Å². The third kappa shape index (κ3) is 2.84. The molecule has 1 aliphatic heterocycles. The first kappa shape index (κ1) is 12.5. The molecule has 0 amide bonds. The van der Waals surface area contributed by atoms with Crippen molar-refractivity contribution in [2.75, 3.05) is 19.3 Å². The van der Waals surface area contributed by atoms with Crippen LogP contribution in [-0.4, -0.2) is 37.9 Å². The van der Waals surface area contributed by atoms with E-state index in [1.165, 1.54) is 0 Å². The lowest BCUT2D eigenvalue weighted by Crippen LogP contribution is -2.22. The normalized spacial score (nSPS) is 23.7. The molecular formula is C10H17N3O3S. The molecule has 0 aliphatic carbocycles. The van der Waals surface area contributed by atoms with E-state index in [2.05, 4.69) is 15.5 Å². The molecule has 1 atom stereocenters. The van der Waals surface area contributed by atoms with Crippen LogP contribution in [0.5, 0.6) is 0 Å². The van der Waals surface area contributed by atoms with Crippen molar-refractivity contribution < 1.29 is 12.9 Å². The Morgan fingerprint density at radius 3 is 3.00 bits per heavy atom. The van der Waals surface area contributed by atoms with Gasteiger partial charge >= 0.3 is 0 Å². The first-order valence-electron chi connectivity index (χ1n) is 5.82. The Bertz CT molecular complexity index is 469. The van der Waals surface area contributed by atoms with E-state index < -0.39 is 15.1 Å². The molecule has 1 N–H and O–H groups in total. The van der Waals surface area contributed by atoms with Gasteiger partial charge in [0.1, 0.15) is 5.25 Å². The average Bonchev–Trinajstić information content (AvgIpc) is 2.74. The highest BCUT2D eigenvalue weighted by Gasteiger charge is 2.33. The molecule has 1 aromatic heterocycles. The highest BCUT2D eigenvalue weighted by molar-refractivity contribution is 7.91. The van der Waals surface area contributed by atoms with Gasteiger partial charge in [0.2, 0.25) is 5.89 Å². The number of nitrogens with zero attached hydrogens (tertiary/aromatic N) is 2. The van der Waals surface area contributed by atoms with E-state index >= 15 is 0 Å². The Hall–Kier alpha value is -0.950. The lowest BCUT2D eigenvalue weighted by molar-refractivity contribution is 0.370. The van der Waals surface area contributed by atoms with Crippen LogP contribution in [0.3, 0.4) is 0 Å². The van der Waals surface area contributed by atoms with E-state index in [0.29, 0.717) is 24.6 Å². The van der Waals surface area contributed by atoms with Crippen LogP contribution in [-0.2, 0) is 16.3 Å². The minimum atomic E-state index is -3.08. The standard InChI is InChI=1S/C10H17N3O3S/c1-11-6-5-9-12-10(13-16-9)8-4-2-3-7-17(8,14)15/h8,11H,2-7H2,1H3. The Labute approximate surface area is 101 Å². The van der Waals surface area contributed by atoms with E-state index in [1.54, 1.807) is 0 Å². The zero-order chi connectivity index (χ0) is 12.3. The lowest BCUT2D eigenvalue weighted by atomic mass is 10.2. The summed E-state index contributed by atoms with van der Waals surface area (Å²) in [6.07, 6.45) is 2.87. The zero-order valence-corrected chi connectivity index (χ0v) is 10.7. The molecule has 0 saturated carbocycles. The Kier molecular flexibility index (Phi) is 3.78. The second-order valence-electron chi connectivity index (χ2n) is 4.25. The van der Waals surface area contributed by atoms with Gasteiger partial charge in [-0.3, -0.25) is 0 Å². The summed E-state index contributed by atoms with van der Waals surface area (Å²) in [6, 6.07) is 0. The minimum absolute atomic E-state index is 0.234. The third-order valence-electron chi connectivity index (χ3n) is 2.94. The van der Waals surface area contributed by atoms with Crippen LogP contribution in [0, 0.1) is 0 Å². The molecule has 0 spiro atoms. The van der Waals surface area contributed by atoms with E-state index in [9.17, 15) is 8.42 Å². The molecule has 1 fully saturated rings. The minimum Gasteiger partial charge on any atom is -0.339 e. The van der Waals surface area contributed by atoms with Crippen molar-refractivity contribution in [2.45, 2.75) is 30.9 Å². The SMILES string of the molecule is CNCCc1nc(C2CCCCS2(=O)=O)no1. The summed E-state index contributed by atoms with van der Waals surface area (Å²) in [4.78, 5) is 4.17. The van der Waals surface area contributed by atoms with Crippen LogP contribution in [0.4, 0.5) is 0 Å². The van der Waals surface area contributed by atoms with Gasteiger partial charge in [0.05, 0.1) is 5.75 Å². The smallest absolute Gasteiger partial charge is 0.227 e. The molecule has 1 aromatic rings. The summed E-state index contributed by atoms with van der Waals surface area (Å²) in [7, 11) is -1.25. The molecule has 0 aromatic carbocycles. The molecule has 2 rings (SSSR count). The predicted octanol–water partition coefficient (Wildman–Crippen LogP) is 0.471. The molecule has 96 valence electrons. The van der Waals surface area contributed by atoms with Gasteiger partial charge in [-0.2, -0.15) is 4.98 Å². The Morgan fingerprint density at radius 2 is 2.29 bits per heavy atom. The van der Waals surface area contributed by atoms with Crippen LogP contribution in [0.1, 0.15) is 36.2 Å². The van der Waals surface area contributed by atoms with Crippen LogP contribution in [0.15, 0.2) is 4.52 Å². The van der Waals surface area contributed by atoms with E-state index in [1.807, 2.05) is 7.05 Å². The molecule has 1 unspecified atom stereocenters. The summed E-state index contributed by atoms with van der Waals surface area (Å²) in [6.45, 7) is 0.735. The zero-order valence-electron chi connectivity index (χ0n) is 9.85. The highest BCUT2D eigenvalue weighted by atomic mass is 32.2. The first-order valence-corrected chi connectivity index (χ1v) is 7.53. The molecule has 0 radical (unpaired) electrons. The summed E-state index contributed by atoms with van der Waals surface area (Å²) in [5.74, 6) is 1.06. The second kappa shape index (κ2) is 5.14. The molecule has 2 heterocycles. The van der Waals surface area contributed by atoms with Crippen molar-refractivity contribution in [2.24, 2.45) is 0 Å². The Morgan fingerprint density at radius 1 is 1.47 bits per heavy atom. The van der Waals surface area contributed by atoms with E-state index in [0.717, 1.165) is 19.4 Å². The van der Waals surface area contributed by atoms with E-state index in [-0.39, 0.29) is 5.75 Å². The van der Waals surface area contributed by atoms with Crippen LogP contribution >= 0.6 is 0 Å². The van der Waals surface area contributed by atoms with Crippen molar-refractivity contribution in [3.8, 4) is 0 Å². The number of nitrogens with one attached hydrogen (secondary N) is 1. The van der Waals surface area contributed by atoms with E-state index in [4.69, 9.17) is 4.52 Å². The number of hydrogen-bond donors (Lipinski definition) is 1. The molecule has 6 nitrogen and oxygen atoms in total. The molecule has 0 bridgehead atoms. The molecule has 1 aliphatic rings. The third-order valence-corrected chi connectivity index (χ3v) is 5.11. The molecule has 1 saturated heterocycles. The maximum absolute atomic E-state index is 11.9. The van der Waals surface area contributed by atoms with Crippen molar-refractivity contribution in [1.82, 2.24) is 15.5 Å². The fourth-order valence-electron chi connectivity index (χ4n) is 1.98. The van der Waals surface area contributed by atoms with Gasteiger partial charge in [0.15, 0.2) is 15.7 Å². The maximum atomic E-state index is 11.9. The van der Waals surface area contributed by atoms with Crippen LogP contribution in [0.25, 0.3) is 0 Å². The second-order valence-corrected chi connectivity index (χ2v) is 6.55. The van der Waals surface area contributed by atoms with Crippen molar-refractivity contribution in [3.05, 3.63) is 11.7 Å². The number of sulfone groups is 1. The van der Waals surface area contributed by atoms with Crippen molar-refractivity contribution >= 4 is 9.84 Å².